The molecule has 0 unspecified atom stereocenters. The van der Waals surface area contributed by atoms with E-state index in [9.17, 15) is 18.3 Å². The zero-order valence-electron chi connectivity index (χ0n) is 12.6. The predicted molar refractivity (Wildman–Crippen MR) is 82.7 cm³/mol. The second-order valence-corrected chi connectivity index (χ2v) is 5.34. The number of rotatable bonds is 2. The van der Waals surface area contributed by atoms with Crippen molar-refractivity contribution in [3.8, 4) is 5.75 Å². The Morgan fingerprint density at radius 1 is 0.920 bits per heavy atom. The summed E-state index contributed by atoms with van der Waals surface area (Å²) in [6.07, 6.45) is -1.28. The minimum atomic E-state index is -4.76. The van der Waals surface area contributed by atoms with E-state index in [1.807, 2.05) is 30.3 Å². The SMILES string of the molecule is [O-]C1=C2C=Cc3ccccc3N2[N]N1c1ccc(OC(F)(F)F)cc1. The van der Waals surface area contributed by atoms with Crippen LogP contribution in [0.3, 0.4) is 0 Å². The molecule has 0 aliphatic carbocycles. The van der Waals surface area contributed by atoms with Crippen LogP contribution in [0.4, 0.5) is 24.5 Å². The summed E-state index contributed by atoms with van der Waals surface area (Å²) in [7, 11) is 0. The molecule has 1 radical (unpaired) electrons. The van der Waals surface area contributed by atoms with Crippen LogP contribution in [0, 0.1) is 0 Å². The molecule has 0 saturated carbocycles. The topological polar surface area (TPSA) is 52.9 Å². The van der Waals surface area contributed by atoms with Gasteiger partial charge in [0.05, 0.1) is 17.1 Å². The van der Waals surface area contributed by atoms with Crippen LogP contribution < -0.4 is 25.4 Å². The fourth-order valence-electron chi connectivity index (χ4n) is 2.65. The summed E-state index contributed by atoms with van der Waals surface area (Å²) in [6, 6.07) is 12.4. The third kappa shape index (κ3) is 2.76. The molecule has 127 valence electrons. The summed E-state index contributed by atoms with van der Waals surface area (Å²) >= 11 is 0. The number of ether oxygens (including phenoxy) is 1. The van der Waals surface area contributed by atoms with E-state index in [2.05, 4.69) is 10.3 Å². The van der Waals surface area contributed by atoms with E-state index >= 15 is 0 Å². The van der Waals surface area contributed by atoms with Gasteiger partial charge in [0.25, 0.3) is 0 Å². The number of allylic oxidation sites excluding steroid dienone is 1. The van der Waals surface area contributed by atoms with Gasteiger partial charge in [-0.15, -0.1) is 13.2 Å². The van der Waals surface area contributed by atoms with Crippen LogP contribution in [-0.4, -0.2) is 6.36 Å². The highest BCUT2D eigenvalue weighted by Gasteiger charge is 2.32. The lowest BCUT2D eigenvalue weighted by atomic mass is 10.1. The minimum Gasteiger partial charge on any atom is -0.857 e. The van der Waals surface area contributed by atoms with Crippen molar-refractivity contribution in [1.82, 2.24) is 5.53 Å². The zero-order valence-corrected chi connectivity index (χ0v) is 12.6. The fourth-order valence-corrected chi connectivity index (χ4v) is 2.65. The molecule has 25 heavy (non-hydrogen) atoms. The van der Waals surface area contributed by atoms with Gasteiger partial charge in [-0.3, -0.25) is 5.01 Å². The molecule has 0 bridgehead atoms. The van der Waals surface area contributed by atoms with Gasteiger partial charge >= 0.3 is 6.36 Å². The van der Waals surface area contributed by atoms with E-state index in [1.165, 1.54) is 17.1 Å². The standard InChI is InChI=1S/C17H11F3N3O2/c18-17(19,20)25-13-8-6-12(7-9-13)22-16(24)15-10-5-11-3-1-2-4-14(11)23(15)21-22/h1-10,24H/p-1. The number of fused-ring (bicyclic) bond motifs is 3. The van der Waals surface area contributed by atoms with Crippen molar-refractivity contribution >= 4 is 17.5 Å². The number of nitrogens with zero attached hydrogens (tertiary/aromatic N) is 3. The van der Waals surface area contributed by atoms with Crippen molar-refractivity contribution in [1.29, 1.82) is 0 Å². The van der Waals surface area contributed by atoms with Gasteiger partial charge in [-0.2, -0.15) is 0 Å². The van der Waals surface area contributed by atoms with Crippen LogP contribution in [0.25, 0.3) is 6.08 Å². The molecule has 0 fully saturated rings. The van der Waals surface area contributed by atoms with Gasteiger partial charge < -0.3 is 9.84 Å². The Bertz CT molecular complexity index is 875. The first-order valence-corrected chi connectivity index (χ1v) is 7.28. The number of hydrogen-bond donors (Lipinski definition) is 0. The predicted octanol–water partition coefficient (Wildman–Crippen LogP) is 2.90. The summed E-state index contributed by atoms with van der Waals surface area (Å²) in [5.74, 6) is -0.728. The molecule has 4 rings (SSSR count). The third-order valence-electron chi connectivity index (χ3n) is 3.72. The lowest BCUT2D eigenvalue weighted by Gasteiger charge is -2.25. The molecule has 0 amide bonds. The largest absolute Gasteiger partial charge is 0.857 e. The molecular formula is C17H10F3N3O2-. The van der Waals surface area contributed by atoms with Crippen LogP contribution in [0.1, 0.15) is 5.56 Å². The smallest absolute Gasteiger partial charge is 0.573 e. The maximum atomic E-state index is 12.6. The summed E-state index contributed by atoms with van der Waals surface area (Å²) in [4.78, 5) is 0. The number of para-hydroxylation sites is 1. The number of halogens is 3. The summed E-state index contributed by atoms with van der Waals surface area (Å²) < 4.78 is 40.5. The van der Waals surface area contributed by atoms with Crippen LogP contribution in [-0.2, 0) is 0 Å². The second kappa shape index (κ2) is 5.45. The van der Waals surface area contributed by atoms with E-state index in [0.29, 0.717) is 11.4 Å². The van der Waals surface area contributed by atoms with Gasteiger partial charge in [0, 0.05) is 5.88 Å². The Labute approximate surface area is 140 Å². The first-order valence-electron chi connectivity index (χ1n) is 7.28. The van der Waals surface area contributed by atoms with Gasteiger partial charge in [-0.1, -0.05) is 24.3 Å². The fraction of sp³-hybridized carbons (Fsp3) is 0.0588. The first-order chi connectivity index (χ1) is 11.9. The van der Waals surface area contributed by atoms with Gasteiger partial charge in [0.15, 0.2) is 0 Å². The van der Waals surface area contributed by atoms with E-state index in [1.54, 1.807) is 6.08 Å². The van der Waals surface area contributed by atoms with Crippen LogP contribution in [0.5, 0.6) is 5.75 Å². The molecule has 0 aromatic heterocycles. The summed E-state index contributed by atoms with van der Waals surface area (Å²) in [5.41, 5.74) is 6.66. The monoisotopic (exact) mass is 345 g/mol. The Balaban J connectivity index is 1.62. The van der Waals surface area contributed by atoms with Crippen LogP contribution in [0.2, 0.25) is 0 Å². The van der Waals surface area contributed by atoms with Crippen LogP contribution in [0.15, 0.2) is 66.2 Å². The van der Waals surface area contributed by atoms with Crippen molar-refractivity contribution in [2.75, 3.05) is 10.0 Å². The molecule has 2 aromatic rings. The molecule has 0 N–H and O–H groups in total. The molecule has 0 spiro atoms. The van der Waals surface area contributed by atoms with E-state index in [0.717, 1.165) is 28.4 Å². The maximum absolute atomic E-state index is 12.6. The summed E-state index contributed by atoms with van der Waals surface area (Å²) in [6.45, 7) is 0. The van der Waals surface area contributed by atoms with E-state index in [-0.39, 0.29) is 11.6 Å². The number of alkyl halides is 3. The molecule has 5 nitrogen and oxygen atoms in total. The van der Waals surface area contributed by atoms with Crippen molar-refractivity contribution < 1.29 is 23.0 Å². The first kappa shape index (κ1) is 15.4. The Hall–Kier alpha value is -3.13. The highest BCUT2D eigenvalue weighted by Crippen LogP contribution is 2.36. The number of anilines is 2. The lowest BCUT2D eigenvalue weighted by molar-refractivity contribution is -0.305. The molecule has 2 aromatic carbocycles. The Morgan fingerprint density at radius 2 is 1.64 bits per heavy atom. The van der Waals surface area contributed by atoms with Gasteiger partial charge in [-0.25, -0.2) is 5.01 Å². The quantitative estimate of drug-likeness (QED) is 0.840. The Morgan fingerprint density at radius 3 is 2.36 bits per heavy atom. The van der Waals surface area contributed by atoms with E-state index in [4.69, 9.17) is 0 Å². The Kier molecular flexibility index (Phi) is 3.36. The average Bonchev–Trinajstić information content (AvgIpc) is 2.92. The molecular weight excluding hydrogens is 335 g/mol. The molecule has 0 saturated heterocycles. The normalized spacial score (nSPS) is 16.1. The van der Waals surface area contributed by atoms with Gasteiger partial charge in [0.2, 0.25) is 0 Å². The molecule has 2 aliphatic heterocycles. The second-order valence-electron chi connectivity index (χ2n) is 5.34. The van der Waals surface area contributed by atoms with Crippen molar-refractivity contribution in [2.45, 2.75) is 6.36 Å². The molecule has 2 aliphatic rings. The van der Waals surface area contributed by atoms with Crippen molar-refractivity contribution in [3.63, 3.8) is 0 Å². The van der Waals surface area contributed by atoms with Crippen LogP contribution >= 0.6 is 0 Å². The highest BCUT2D eigenvalue weighted by molar-refractivity contribution is 5.78. The van der Waals surface area contributed by atoms with Crippen molar-refractivity contribution in [3.05, 3.63) is 71.8 Å². The number of hydrogen-bond acceptors (Lipinski definition) is 4. The number of benzene rings is 2. The van der Waals surface area contributed by atoms with Gasteiger partial charge in [-0.05, 0) is 47.5 Å². The lowest BCUT2D eigenvalue weighted by Crippen LogP contribution is -2.37. The van der Waals surface area contributed by atoms with E-state index < -0.39 is 6.36 Å². The zero-order chi connectivity index (χ0) is 17.6. The highest BCUT2D eigenvalue weighted by atomic mass is 19.4. The van der Waals surface area contributed by atoms with Crippen molar-refractivity contribution in [2.24, 2.45) is 0 Å². The maximum Gasteiger partial charge on any atom is 0.573 e. The third-order valence-corrected chi connectivity index (χ3v) is 3.72. The summed E-state index contributed by atoms with van der Waals surface area (Å²) in [5, 5.41) is 15.2. The minimum absolute atomic E-state index is 0.340. The molecule has 0 atom stereocenters. The molecule has 2 heterocycles. The molecule has 8 heteroatoms. The average molecular weight is 345 g/mol. The van der Waals surface area contributed by atoms with Gasteiger partial charge in [0.1, 0.15) is 5.75 Å².